The molecule has 6 heteroatoms. The third-order valence-electron chi connectivity index (χ3n) is 3.21. The number of H-pyrrole nitrogens is 1. The average molecular weight is 260 g/mol. The van der Waals surface area contributed by atoms with Gasteiger partial charge in [-0.05, 0) is 12.1 Å². The van der Waals surface area contributed by atoms with Crippen LogP contribution >= 0.6 is 0 Å². The van der Waals surface area contributed by atoms with Crippen molar-refractivity contribution >= 4 is 16.6 Å². The van der Waals surface area contributed by atoms with Crippen LogP contribution in [-0.2, 0) is 0 Å². The van der Waals surface area contributed by atoms with E-state index in [4.69, 9.17) is 5.26 Å². The number of rotatable bonds is 1. The first kappa shape index (κ1) is 10.7. The van der Waals surface area contributed by atoms with Crippen molar-refractivity contribution in [3.05, 3.63) is 48.5 Å². The van der Waals surface area contributed by atoms with E-state index in [1.807, 2.05) is 12.1 Å². The van der Waals surface area contributed by atoms with E-state index in [0.29, 0.717) is 16.9 Å². The molecular formula is C14H8N6. The van der Waals surface area contributed by atoms with Gasteiger partial charge in [0, 0.05) is 12.4 Å². The molecule has 0 unspecified atom stereocenters. The van der Waals surface area contributed by atoms with E-state index in [9.17, 15) is 0 Å². The van der Waals surface area contributed by atoms with Crippen molar-refractivity contribution in [1.29, 1.82) is 5.26 Å². The Balaban J connectivity index is 2.01. The summed E-state index contributed by atoms with van der Waals surface area (Å²) >= 11 is 0. The van der Waals surface area contributed by atoms with Crippen LogP contribution in [0.25, 0.3) is 27.9 Å². The van der Waals surface area contributed by atoms with E-state index in [-0.39, 0.29) is 0 Å². The molecule has 0 spiro atoms. The molecule has 94 valence electrons. The predicted molar refractivity (Wildman–Crippen MR) is 72.8 cm³/mol. The van der Waals surface area contributed by atoms with Crippen molar-refractivity contribution in [2.45, 2.75) is 0 Å². The van der Waals surface area contributed by atoms with Gasteiger partial charge in [-0.2, -0.15) is 10.4 Å². The largest absolute Gasteiger partial charge is 0.338 e. The molecule has 3 heterocycles. The molecule has 4 rings (SSSR count). The molecule has 0 aliphatic heterocycles. The molecule has 0 radical (unpaired) electrons. The van der Waals surface area contributed by atoms with E-state index >= 15 is 0 Å². The number of nitrogens with zero attached hydrogens (tertiary/aromatic N) is 5. The van der Waals surface area contributed by atoms with Crippen molar-refractivity contribution < 1.29 is 0 Å². The van der Waals surface area contributed by atoms with Crippen LogP contribution in [0.15, 0.2) is 43.0 Å². The molecule has 0 fully saturated rings. The van der Waals surface area contributed by atoms with Gasteiger partial charge in [0.15, 0.2) is 0 Å². The van der Waals surface area contributed by atoms with E-state index in [1.165, 1.54) is 0 Å². The first-order valence-corrected chi connectivity index (χ1v) is 6.03. The Kier molecular flexibility index (Phi) is 2.08. The number of imidazole rings is 1. The molecule has 6 nitrogen and oxygen atoms in total. The van der Waals surface area contributed by atoms with Gasteiger partial charge in [0.2, 0.25) is 0 Å². The summed E-state index contributed by atoms with van der Waals surface area (Å²) in [4.78, 5) is 11.8. The Hall–Kier alpha value is -3.20. The third-order valence-corrected chi connectivity index (χ3v) is 3.21. The first-order valence-electron chi connectivity index (χ1n) is 6.03. The maximum absolute atomic E-state index is 9.12. The van der Waals surface area contributed by atoms with Gasteiger partial charge in [-0.3, -0.25) is 4.98 Å². The van der Waals surface area contributed by atoms with Gasteiger partial charge < -0.3 is 4.98 Å². The Labute approximate surface area is 113 Å². The highest BCUT2D eigenvalue weighted by atomic mass is 15.2. The highest BCUT2D eigenvalue weighted by molar-refractivity contribution is 5.87. The molecule has 0 amide bonds. The number of fused-ring (bicyclic) bond motifs is 2. The van der Waals surface area contributed by atoms with E-state index in [2.05, 4.69) is 26.1 Å². The van der Waals surface area contributed by atoms with Gasteiger partial charge in [0.25, 0.3) is 0 Å². The zero-order chi connectivity index (χ0) is 13.5. The van der Waals surface area contributed by atoms with E-state index < -0.39 is 0 Å². The zero-order valence-corrected chi connectivity index (χ0v) is 10.3. The van der Waals surface area contributed by atoms with Crippen LogP contribution in [0.4, 0.5) is 0 Å². The zero-order valence-electron chi connectivity index (χ0n) is 10.3. The first-order chi connectivity index (χ1) is 9.86. The molecule has 1 aromatic carbocycles. The van der Waals surface area contributed by atoms with Crippen LogP contribution in [0.3, 0.4) is 0 Å². The second kappa shape index (κ2) is 3.90. The summed E-state index contributed by atoms with van der Waals surface area (Å²) in [6.07, 6.45) is 6.93. The van der Waals surface area contributed by atoms with Crippen molar-refractivity contribution in [2.75, 3.05) is 0 Å². The van der Waals surface area contributed by atoms with Gasteiger partial charge in [-0.1, -0.05) is 6.07 Å². The molecule has 0 saturated heterocycles. The number of nitrogens with one attached hydrogen (secondary N) is 1. The molecule has 0 aliphatic rings. The van der Waals surface area contributed by atoms with Gasteiger partial charge in [-0.25, -0.2) is 9.50 Å². The Morgan fingerprint density at radius 2 is 2.20 bits per heavy atom. The normalized spacial score (nSPS) is 10.9. The number of nitriles is 1. The van der Waals surface area contributed by atoms with Crippen LogP contribution < -0.4 is 0 Å². The number of aromatic amines is 1. The highest BCUT2D eigenvalue weighted by Crippen LogP contribution is 2.25. The van der Waals surface area contributed by atoms with Crippen molar-refractivity contribution in [3.63, 3.8) is 0 Å². The number of hydrogen-bond donors (Lipinski definition) is 1. The number of benzene rings is 1. The van der Waals surface area contributed by atoms with E-state index in [0.717, 1.165) is 16.6 Å². The molecule has 3 aromatic heterocycles. The van der Waals surface area contributed by atoms with Crippen molar-refractivity contribution in [3.8, 4) is 17.5 Å². The molecule has 0 atom stereocenters. The van der Waals surface area contributed by atoms with Crippen molar-refractivity contribution in [2.24, 2.45) is 0 Å². The Morgan fingerprint density at radius 3 is 3.10 bits per heavy atom. The molecule has 0 aliphatic carbocycles. The topological polar surface area (TPSA) is 82.7 Å². The maximum atomic E-state index is 9.12. The van der Waals surface area contributed by atoms with Crippen LogP contribution in [0, 0.1) is 11.3 Å². The second-order valence-corrected chi connectivity index (χ2v) is 4.36. The Bertz CT molecular complexity index is 972. The summed E-state index contributed by atoms with van der Waals surface area (Å²) in [6, 6.07) is 7.64. The number of aromatic nitrogens is 5. The summed E-state index contributed by atoms with van der Waals surface area (Å²) in [5.74, 6) is 0.686. The lowest BCUT2D eigenvalue weighted by Crippen LogP contribution is -1.86. The van der Waals surface area contributed by atoms with Crippen LogP contribution in [-0.4, -0.2) is 24.6 Å². The summed E-state index contributed by atoms with van der Waals surface area (Å²) in [5.41, 5.74) is 3.79. The molecule has 1 N–H and O–H groups in total. The van der Waals surface area contributed by atoms with Crippen LogP contribution in [0.5, 0.6) is 0 Å². The maximum Gasteiger partial charge on any atom is 0.142 e. The highest BCUT2D eigenvalue weighted by Gasteiger charge is 2.12. The van der Waals surface area contributed by atoms with Gasteiger partial charge in [0.05, 0.1) is 34.6 Å². The van der Waals surface area contributed by atoms with Crippen LogP contribution in [0.2, 0.25) is 0 Å². The minimum absolute atomic E-state index is 0.555. The lowest BCUT2D eigenvalue weighted by atomic mass is 10.2. The fourth-order valence-corrected chi connectivity index (χ4v) is 2.27. The van der Waals surface area contributed by atoms with E-state index in [1.54, 1.807) is 35.4 Å². The number of para-hydroxylation sites is 1. The average Bonchev–Trinajstić information content (AvgIpc) is 3.10. The minimum Gasteiger partial charge on any atom is -0.338 e. The smallest absolute Gasteiger partial charge is 0.142 e. The third kappa shape index (κ3) is 1.40. The summed E-state index contributed by atoms with van der Waals surface area (Å²) in [7, 11) is 0. The monoisotopic (exact) mass is 260 g/mol. The molecule has 4 aromatic rings. The SMILES string of the molecule is N#Cc1cccc2[nH]c(-c3cnn4ccncc34)nc12. The quantitative estimate of drug-likeness (QED) is 0.568. The molecule has 0 saturated carbocycles. The summed E-state index contributed by atoms with van der Waals surface area (Å²) in [6.45, 7) is 0. The van der Waals surface area contributed by atoms with Crippen LogP contribution in [0.1, 0.15) is 5.56 Å². The summed E-state index contributed by atoms with van der Waals surface area (Å²) in [5, 5.41) is 13.4. The predicted octanol–water partition coefficient (Wildman–Crippen LogP) is 2.14. The van der Waals surface area contributed by atoms with Crippen molar-refractivity contribution in [1.82, 2.24) is 24.6 Å². The molecule has 20 heavy (non-hydrogen) atoms. The molecule has 0 bridgehead atoms. The van der Waals surface area contributed by atoms with Gasteiger partial charge in [0.1, 0.15) is 17.4 Å². The fourth-order valence-electron chi connectivity index (χ4n) is 2.27. The fraction of sp³-hybridized carbons (Fsp3) is 0. The van der Waals surface area contributed by atoms with Gasteiger partial charge >= 0.3 is 0 Å². The molecular weight excluding hydrogens is 252 g/mol. The number of hydrogen-bond acceptors (Lipinski definition) is 4. The minimum atomic E-state index is 0.555. The lowest BCUT2D eigenvalue weighted by Gasteiger charge is -1.93. The summed E-state index contributed by atoms with van der Waals surface area (Å²) < 4.78 is 1.74. The van der Waals surface area contributed by atoms with Gasteiger partial charge in [-0.15, -0.1) is 0 Å². The lowest BCUT2D eigenvalue weighted by molar-refractivity contribution is 0.946. The Morgan fingerprint density at radius 1 is 1.25 bits per heavy atom. The second-order valence-electron chi connectivity index (χ2n) is 4.36. The standard InChI is InChI=1S/C14H8N6/c15-6-9-2-1-3-11-13(9)19-14(18-11)10-7-17-20-5-4-16-8-12(10)20/h1-5,7-8H,(H,18,19).